The van der Waals surface area contributed by atoms with Gasteiger partial charge in [0.1, 0.15) is 0 Å². The molecule has 0 amide bonds. The maximum absolute atomic E-state index is 5.20. The molecule has 49 heavy (non-hydrogen) atoms. The SMILES string of the molecule is c1ccc(-c2ccccc2-c2nc(-c3cccc(-c4cccc5sc6ccccc6c45)c3)nc(-c3ccccc3-c3ccccc3)n2)cc1. The highest BCUT2D eigenvalue weighted by atomic mass is 32.1. The standard InChI is InChI=1S/C45H29N3S/c1-3-15-30(16-4-1)34-21-7-9-23-37(34)44-46-43(47-45(48-44)38-24-10-8-22-35(38)31-17-5-2-6-18-31)33-20-13-19-32(29-33)36-26-14-28-41-42(36)39-25-11-12-27-40(39)49-41/h1-29H. The number of rotatable bonds is 6. The predicted octanol–water partition coefficient (Wildman–Crippen LogP) is 12.2. The molecule has 0 saturated carbocycles. The Morgan fingerprint density at radius 2 is 0.755 bits per heavy atom. The van der Waals surface area contributed by atoms with Gasteiger partial charge in [-0.15, -0.1) is 11.3 Å². The molecule has 3 nitrogen and oxygen atoms in total. The summed E-state index contributed by atoms with van der Waals surface area (Å²) in [5.41, 5.74) is 9.57. The smallest absolute Gasteiger partial charge is 0.164 e. The lowest BCUT2D eigenvalue weighted by Crippen LogP contribution is -2.02. The third-order valence-electron chi connectivity index (χ3n) is 8.98. The van der Waals surface area contributed by atoms with E-state index in [2.05, 4.69) is 164 Å². The molecule has 0 aliphatic heterocycles. The zero-order valence-electron chi connectivity index (χ0n) is 26.5. The summed E-state index contributed by atoms with van der Waals surface area (Å²) in [6.45, 7) is 0. The van der Waals surface area contributed by atoms with Gasteiger partial charge in [-0.05, 0) is 51.6 Å². The minimum Gasteiger partial charge on any atom is -0.208 e. The first-order chi connectivity index (χ1) is 24.3. The Balaban J connectivity index is 1.26. The molecule has 0 unspecified atom stereocenters. The number of thiophene rings is 1. The van der Waals surface area contributed by atoms with Crippen molar-refractivity contribution < 1.29 is 0 Å². The van der Waals surface area contributed by atoms with Crippen LogP contribution in [0.5, 0.6) is 0 Å². The van der Waals surface area contributed by atoms with Crippen LogP contribution in [0.4, 0.5) is 0 Å². The Morgan fingerprint density at radius 1 is 0.306 bits per heavy atom. The van der Waals surface area contributed by atoms with Crippen molar-refractivity contribution in [1.29, 1.82) is 0 Å². The minimum absolute atomic E-state index is 0.634. The highest BCUT2D eigenvalue weighted by Crippen LogP contribution is 2.41. The molecule has 7 aromatic carbocycles. The van der Waals surface area contributed by atoms with E-state index in [0.29, 0.717) is 17.5 Å². The number of hydrogen-bond acceptors (Lipinski definition) is 4. The van der Waals surface area contributed by atoms with Crippen molar-refractivity contribution >= 4 is 31.5 Å². The maximum atomic E-state index is 5.20. The van der Waals surface area contributed by atoms with Gasteiger partial charge in [0.05, 0.1) is 0 Å². The second-order valence-corrected chi connectivity index (χ2v) is 13.1. The van der Waals surface area contributed by atoms with Crippen LogP contribution < -0.4 is 0 Å². The second-order valence-electron chi connectivity index (χ2n) is 12.0. The zero-order valence-corrected chi connectivity index (χ0v) is 27.3. The van der Waals surface area contributed by atoms with Crippen LogP contribution in [-0.2, 0) is 0 Å². The zero-order chi connectivity index (χ0) is 32.6. The van der Waals surface area contributed by atoms with Gasteiger partial charge in [-0.3, -0.25) is 0 Å². The molecule has 0 bridgehead atoms. The number of hydrogen-bond donors (Lipinski definition) is 0. The summed E-state index contributed by atoms with van der Waals surface area (Å²) < 4.78 is 2.57. The third-order valence-corrected chi connectivity index (χ3v) is 10.1. The van der Waals surface area contributed by atoms with E-state index in [-0.39, 0.29) is 0 Å². The lowest BCUT2D eigenvalue weighted by molar-refractivity contribution is 1.07. The van der Waals surface area contributed by atoms with Crippen molar-refractivity contribution in [3.05, 3.63) is 176 Å². The molecular weight excluding hydrogens is 615 g/mol. The Kier molecular flexibility index (Phi) is 7.34. The van der Waals surface area contributed by atoms with E-state index in [1.165, 1.54) is 25.7 Å². The Bertz CT molecular complexity index is 2510. The topological polar surface area (TPSA) is 38.7 Å². The summed E-state index contributed by atoms with van der Waals surface area (Å²) in [4.78, 5) is 15.6. The van der Waals surface area contributed by atoms with E-state index in [1.807, 2.05) is 23.5 Å². The quantitative estimate of drug-likeness (QED) is 0.181. The lowest BCUT2D eigenvalue weighted by atomic mass is 9.97. The van der Waals surface area contributed by atoms with Crippen molar-refractivity contribution in [2.24, 2.45) is 0 Å². The molecule has 0 N–H and O–H groups in total. The molecule has 9 rings (SSSR count). The van der Waals surface area contributed by atoms with Crippen LogP contribution in [0.1, 0.15) is 0 Å². The number of nitrogens with zero attached hydrogens (tertiary/aromatic N) is 3. The normalized spacial score (nSPS) is 11.3. The highest BCUT2D eigenvalue weighted by Gasteiger charge is 2.18. The fraction of sp³-hybridized carbons (Fsp3) is 0. The first-order valence-corrected chi connectivity index (χ1v) is 17.2. The summed E-state index contributed by atoms with van der Waals surface area (Å²) in [7, 11) is 0. The molecule has 0 radical (unpaired) electrons. The van der Waals surface area contributed by atoms with E-state index >= 15 is 0 Å². The minimum atomic E-state index is 0.634. The van der Waals surface area contributed by atoms with E-state index in [9.17, 15) is 0 Å². The largest absolute Gasteiger partial charge is 0.208 e. The molecule has 0 spiro atoms. The molecule has 2 heterocycles. The third kappa shape index (κ3) is 5.38. The predicted molar refractivity (Wildman–Crippen MR) is 205 cm³/mol. The molecule has 0 saturated heterocycles. The van der Waals surface area contributed by atoms with Crippen molar-refractivity contribution in [3.8, 4) is 67.5 Å². The summed E-state index contributed by atoms with van der Waals surface area (Å²) in [6.07, 6.45) is 0. The van der Waals surface area contributed by atoms with Gasteiger partial charge in [0.15, 0.2) is 17.5 Å². The van der Waals surface area contributed by atoms with E-state index < -0.39 is 0 Å². The second kappa shape index (κ2) is 12.4. The van der Waals surface area contributed by atoms with Crippen LogP contribution in [0, 0.1) is 0 Å². The van der Waals surface area contributed by atoms with Crippen LogP contribution in [0.15, 0.2) is 176 Å². The van der Waals surface area contributed by atoms with E-state index in [4.69, 9.17) is 15.0 Å². The Morgan fingerprint density at radius 3 is 1.41 bits per heavy atom. The molecule has 0 aliphatic carbocycles. The number of benzene rings is 7. The summed E-state index contributed by atoms with van der Waals surface area (Å²) in [5, 5.41) is 2.56. The first kappa shape index (κ1) is 29.0. The van der Waals surface area contributed by atoms with Crippen LogP contribution in [0.2, 0.25) is 0 Å². The molecule has 230 valence electrons. The monoisotopic (exact) mass is 643 g/mol. The van der Waals surface area contributed by atoms with Crippen LogP contribution >= 0.6 is 11.3 Å². The van der Waals surface area contributed by atoms with Gasteiger partial charge in [-0.2, -0.15) is 0 Å². The van der Waals surface area contributed by atoms with E-state index in [1.54, 1.807) is 0 Å². The molecule has 2 aromatic heterocycles. The van der Waals surface area contributed by atoms with Gasteiger partial charge < -0.3 is 0 Å². The number of aromatic nitrogens is 3. The molecular formula is C45H29N3S. The summed E-state index contributed by atoms with van der Waals surface area (Å²) in [5.74, 6) is 1.91. The first-order valence-electron chi connectivity index (χ1n) is 16.4. The Labute approximate surface area is 288 Å². The average Bonchev–Trinajstić information content (AvgIpc) is 3.58. The van der Waals surface area contributed by atoms with Crippen LogP contribution in [-0.4, -0.2) is 15.0 Å². The van der Waals surface area contributed by atoms with Crippen LogP contribution in [0.25, 0.3) is 87.7 Å². The van der Waals surface area contributed by atoms with Crippen molar-refractivity contribution in [2.45, 2.75) is 0 Å². The van der Waals surface area contributed by atoms with Crippen LogP contribution in [0.3, 0.4) is 0 Å². The van der Waals surface area contributed by atoms with E-state index in [0.717, 1.165) is 44.5 Å². The van der Waals surface area contributed by atoms with Crippen molar-refractivity contribution in [3.63, 3.8) is 0 Å². The molecule has 4 heteroatoms. The molecule has 0 aliphatic rings. The Hall–Kier alpha value is -6.23. The van der Waals surface area contributed by atoms with Gasteiger partial charge in [-0.1, -0.05) is 158 Å². The van der Waals surface area contributed by atoms with Crippen molar-refractivity contribution in [1.82, 2.24) is 15.0 Å². The van der Waals surface area contributed by atoms with Gasteiger partial charge in [0.2, 0.25) is 0 Å². The summed E-state index contributed by atoms with van der Waals surface area (Å²) in [6, 6.07) is 61.4. The van der Waals surface area contributed by atoms with Gasteiger partial charge >= 0.3 is 0 Å². The summed E-state index contributed by atoms with van der Waals surface area (Å²) >= 11 is 1.84. The van der Waals surface area contributed by atoms with Gasteiger partial charge in [-0.25, -0.2) is 15.0 Å². The molecule has 0 atom stereocenters. The highest BCUT2D eigenvalue weighted by molar-refractivity contribution is 7.25. The van der Waals surface area contributed by atoms with Gasteiger partial charge in [0.25, 0.3) is 0 Å². The fourth-order valence-corrected chi connectivity index (χ4v) is 7.81. The number of fused-ring (bicyclic) bond motifs is 3. The van der Waals surface area contributed by atoms with Gasteiger partial charge in [0, 0.05) is 36.9 Å². The maximum Gasteiger partial charge on any atom is 0.164 e. The fourth-order valence-electron chi connectivity index (χ4n) is 6.68. The molecule has 9 aromatic rings. The lowest BCUT2D eigenvalue weighted by Gasteiger charge is -2.14. The van der Waals surface area contributed by atoms with Crippen molar-refractivity contribution in [2.75, 3.05) is 0 Å². The average molecular weight is 644 g/mol. The molecule has 0 fully saturated rings.